The molecule has 1 aliphatic heterocycles. The number of likely N-dealkylation sites (tertiary alicyclic amines) is 1. The van der Waals surface area contributed by atoms with Crippen molar-refractivity contribution in [1.82, 2.24) is 15.2 Å². The third kappa shape index (κ3) is 3.50. The molecule has 1 saturated carbocycles. The summed E-state index contributed by atoms with van der Waals surface area (Å²) in [7, 11) is 0. The number of aromatic nitrogens is 1. The number of thiazole rings is 1. The summed E-state index contributed by atoms with van der Waals surface area (Å²) in [5, 5.41) is 6.52. The van der Waals surface area contributed by atoms with Crippen LogP contribution in [0.5, 0.6) is 0 Å². The average Bonchev–Trinajstić information content (AvgIpc) is 3.28. The zero-order chi connectivity index (χ0) is 19.0. The third-order valence-corrected chi connectivity index (χ3v) is 7.93. The van der Waals surface area contributed by atoms with Crippen LogP contribution < -0.4 is 5.32 Å². The van der Waals surface area contributed by atoms with E-state index in [-0.39, 0.29) is 11.3 Å². The van der Waals surface area contributed by atoms with Gasteiger partial charge in [-0.05, 0) is 74.1 Å². The molecule has 0 radical (unpaired) electrons. The van der Waals surface area contributed by atoms with Gasteiger partial charge in [0.1, 0.15) is 5.01 Å². The van der Waals surface area contributed by atoms with Gasteiger partial charge in [0.25, 0.3) is 0 Å². The summed E-state index contributed by atoms with van der Waals surface area (Å²) in [6.07, 6.45) is 9.65. The third-order valence-electron chi connectivity index (χ3n) is 7.17. The lowest BCUT2D eigenvalue weighted by Gasteiger charge is -2.40. The maximum atomic E-state index is 12.6. The number of benzene rings is 1. The standard InChI is InChI=1S/C23H29N3OS/c27-21(25-18-4-3-5-18)14-17-15-23(20-7-2-1-6-19(17)20)8-11-26(12-9-23)16-22-24-10-13-28-22/h1-2,6-7,10,13,17-18H,3-5,8-9,11-12,14-16H2,(H,25,27)/t17-/m1/s1. The Bertz CT molecular complexity index is 822. The van der Waals surface area contributed by atoms with Gasteiger partial charge in [-0.25, -0.2) is 4.98 Å². The number of hydrogen-bond acceptors (Lipinski definition) is 4. The first-order valence-corrected chi connectivity index (χ1v) is 11.6. The number of rotatable bonds is 5. The second-order valence-corrected chi connectivity index (χ2v) is 9.85. The van der Waals surface area contributed by atoms with Crippen molar-refractivity contribution >= 4 is 17.2 Å². The zero-order valence-electron chi connectivity index (χ0n) is 16.4. The fraction of sp³-hybridized carbons (Fsp3) is 0.565. The summed E-state index contributed by atoms with van der Waals surface area (Å²) in [4.78, 5) is 19.6. The molecule has 1 aromatic carbocycles. The predicted molar refractivity (Wildman–Crippen MR) is 113 cm³/mol. The maximum absolute atomic E-state index is 12.6. The lowest BCUT2D eigenvalue weighted by atomic mass is 9.73. The van der Waals surface area contributed by atoms with Crippen molar-refractivity contribution in [2.24, 2.45) is 0 Å². The molecule has 28 heavy (non-hydrogen) atoms. The van der Waals surface area contributed by atoms with Crippen molar-refractivity contribution in [2.75, 3.05) is 13.1 Å². The normalized spacial score (nSPS) is 24.1. The van der Waals surface area contributed by atoms with E-state index in [9.17, 15) is 4.79 Å². The van der Waals surface area contributed by atoms with Crippen molar-refractivity contribution in [1.29, 1.82) is 0 Å². The molecule has 2 fully saturated rings. The van der Waals surface area contributed by atoms with E-state index in [0.717, 1.165) is 38.9 Å². The van der Waals surface area contributed by atoms with Crippen LogP contribution in [0.2, 0.25) is 0 Å². The molecule has 1 amide bonds. The number of nitrogens with one attached hydrogen (secondary N) is 1. The molecular weight excluding hydrogens is 366 g/mol. The van der Waals surface area contributed by atoms with Gasteiger partial charge in [-0.1, -0.05) is 24.3 Å². The van der Waals surface area contributed by atoms with E-state index in [1.165, 1.54) is 35.4 Å². The molecule has 2 aromatic rings. The van der Waals surface area contributed by atoms with Crippen LogP contribution in [0.4, 0.5) is 0 Å². The van der Waals surface area contributed by atoms with Crippen LogP contribution in [0.25, 0.3) is 0 Å². The molecule has 1 spiro atoms. The van der Waals surface area contributed by atoms with Gasteiger partial charge in [0.05, 0.1) is 6.54 Å². The topological polar surface area (TPSA) is 45.2 Å². The molecule has 3 aliphatic rings. The van der Waals surface area contributed by atoms with Crippen LogP contribution in [0.15, 0.2) is 35.8 Å². The van der Waals surface area contributed by atoms with Gasteiger partial charge in [0.15, 0.2) is 0 Å². The minimum Gasteiger partial charge on any atom is -0.353 e. The Hall–Kier alpha value is -1.72. The first-order chi connectivity index (χ1) is 13.7. The van der Waals surface area contributed by atoms with E-state index >= 15 is 0 Å². The van der Waals surface area contributed by atoms with Crippen LogP contribution in [-0.2, 0) is 16.8 Å². The van der Waals surface area contributed by atoms with Gasteiger partial charge in [0, 0.05) is 24.0 Å². The van der Waals surface area contributed by atoms with Gasteiger partial charge in [-0.2, -0.15) is 0 Å². The molecule has 2 aliphatic carbocycles. The Balaban J connectivity index is 1.27. The Morgan fingerprint density at radius 2 is 2.07 bits per heavy atom. The van der Waals surface area contributed by atoms with Crippen molar-refractivity contribution in [2.45, 2.75) is 68.9 Å². The van der Waals surface area contributed by atoms with E-state index in [2.05, 4.69) is 44.8 Å². The quantitative estimate of drug-likeness (QED) is 0.824. The Morgan fingerprint density at radius 3 is 2.79 bits per heavy atom. The zero-order valence-corrected chi connectivity index (χ0v) is 17.2. The molecule has 5 heteroatoms. The number of nitrogens with zero attached hydrogens (tertiary/aromatic N) is 2. The highest BCUT2D eigenvalue weighted by Crippen LogP contribution is 2.52. The van der Waals surface area contributed by atoms with Gasteiger partial charge >= 0.3 is 0 Å². The number of piperidine rings is 1. The van der Waals surface area contributed by atoms with Gasteiger partial charge in [0.2, 0.25) is 5.91 Å². The second kappa shape index (κ2) is 7.60. The second-order valence-electron chi connectivity index (χ2n) is 8.87. The first kappa shape index (κ1) is 18.3. The summed E-state index contributed by atoms with van der Waals surface area (Å²) in [5.41, 5.74) is 3.21. The van der Waals surface area contributed by atoms with Gasteiger partial charge in [-0.3, -0.25) is 9.69 Å². The molecule has 0 unspecified atom stereocenters. The van der Waals surface area contributed by atoms with Crippen LogP contribution in [0, 0.1) is 0 Å². The van der Waals surface area contributed by atoms with Crippen LogP contribution in [0.1, 0.15) is 67.0 Å². The molecule has 1 atom stereocenters. The van der Waals surface area contributed by atoms with Gasteiger partial charge < -0.3 is 5.32 Å². The van der Waals surface area contributed by atoms with E-state index in [4.69, 9.17) is 0 Å². The molecule has 5 rings (SSSR count). The van der Waals surface area contributed by atoms with Crippen LogP contribution in [0.3, 0.4) is 0 Å². The van der Waals surface area contributed by atoms with Crippen molar-refractivity contribution in [3.05, 3.63) is 52.0 Å². The van der Waals surface area contributed by atoms with E-state index in [1.54, 1.807) is 11.3 Å². The van der Waals surface area contributed by atoms with Crippen molar-refractivity contribution < 1.29 is 4.79 Å². The SMILES string of the molecule is O=C(C[C@@H]1CC2(CCN(Cc3nccs3)CC2)c2ccccc21)NC1CCC1. The Morgan fingerprint density at radius 1 is 1.25 bits per heavy atom. The maximum Gasteiger partial charge on any atom is 0.220 e. The Labute approximate surface area is 171 Å². The highest BCUT2D eigenvalue weighted by molar-refractivity contribution is 7.09. The molecule has 0 bridgehead atoms. The highest BCUT2D eigenvalue weighted by Gasteiger charge is 2.45. The summed E-state index contributed by atoms with van der Waals surface area (Å²) in [5.74, 6) is 0.629. The molecule has 1 N–H and O–H groups in total. The molecule has 148 valence electrons. The molecule has 2 heterocycles. The molecule has 1 saturated heterocycles. The van der Waals surface area contributed by atoms with Crippen molar-refractivity contribution in [3.63, 3.8) is 0 Å². The number of amides is 1. The van der Waals surface area contributed by atoms with Crippen LogP contribution in [-0.4, -0.2) is 34.9 Å². The number of fused-ring (bicyclic) bond motifs is 2. The van der Waals surface area contributed by atoms with Crippen LogP contribution >= 0.6 is 11.3 Å². The molecule has 1 aromatic heterocycles. The molecular formula is C23H29N3OS. The minimum atomic E-state index is 0.253. The number of hydrogen-bond donors (Lipinski definition) is 1. The van der Waals surface area contributed by atoms with E-state index in [1.807, 2.05) is 6.20 Å². The van der Waals surface area contributed by atoms with E-state index < -0.39 is 0 Å². The summed E-state index contributed by atoms with van der Waals surface area (Å²) >= 11 is 1.75. The monoisotopic (exact) mass is 395 g/mol. The van der Waals surface area contributed by atoms with Gasteiger partial charge in [-0.15, -0.1) is 11.3 Å². The predicted octanol–water partition coefficient (Wildman–Crippen LogP) is 4.22. The minimum absolute atomic E-state index is 0.253. The van der Waals surface area contributed by atoms with Crippen molar-refractivity contribution in [3.8, 4) is 0 Å². The lowest BCUT2D eigenvalue weighted by molar-refractivity contribution is -0.122. The first-order valence-electron chi connectivity index (χ1n) is 10.7. The largest absolute Gasteiger partial charge is 0.353 e. The summed E-state index contributed by atoms with van der Waals surface area (Å²) in [6, 6.07) is 9.36. The van der Waals surface area contributed by atoms with E-state index in [0.29, 0.717) is 18.4 Å². The number of carbonyl (C=O) groups excluding carboxylic acids is 1. The fourth-order valence-corrected chi connectivity index (χ4v) is 6.07. The fourth-order valence-electron chi connectivity index (χ4n) is 5.41. The summed E-state index contributed by atoms with van der Waals surface area (Å²) < 4.78 is 0. The molecule has 4 nitrogen and oxygen atoms in total. The smallest absolute Gasteiger partial charge is 0.220 e. The lowest BCUT2D eigenvalue weighted by Crippen LogP contribution is -2.41. The summed E-state index contributed by atoms with van der Waals surface area (Å²) in [6.45, 7) is 3.21. The number of carbonyl (C=O) groups is 1. The Kier molecular flexibility index (Phi) is 4.97. The highest BCUT2D eigenvalue weighted by atomic mass is 32.1. The average molecular weight is 396 g/mol.